The number of halogens is 2. The number of aromatic nitrogens is 3. The van der Waals surface area contributed by atoms with Gasteiger partial charge in [0.15, 0.2) is 5.82 Å². The molecule has 9 heteroatoms. The van der Waals surface area contributed by atoms with Crippen LogP contribution in [0.1, 0.15) is 37.9 Å². The molecule has 4 aliphatic rings. The van der Waals surface area contributed by atoms with Crippen LogP contribution in [0.15, 0.2) is 42.6 Å². The Balaban J connectivity index is 1.37. The highest BCUT2D eigenvalue weighted by atomic mass is 19.1. The van der Waals surface area contributed by atoms with E-state index in [2.05, 4.69) is 46.7 Å². The fourth-order valence-corrected chi connectivity index (χ4v) is 7.81. The number of likely N-dealkylation sites (N-methyl/N-ethyl adjacent to an activating group) is 1. The van der Waals surface area contributed by atoms with E-state index in [1.54, 1.807) is 12.3 Å². The third kappa shape index (κ3) is 3.76. The van der Waals surface area contributed by atoms with E-state index in [1.165, 1.54) is 24.3 Å². The van der Waals surface area contributed by atoms with Crippen molar-refractivity contribution in [3.63, 3.8) is 0 Å². The van der Waals surface area contributed by atoms with Crippen molar-refractivity contribution in [1.82, 2.24) is 24.8 Å². The van der Waals surface area contributed by atoms with E-state index in [0.29, 0.717) is 39.6 Å². The third-order valence-corrected chi connectivity index (χ3v) is 9.89. The van der Waals surface area contributed by atoms with E-state index in [-0.39, 0.29) is 35.1 Å². The molecule has 5 atom stereocenters. The van der Waals surface area contributed by atoms with Crippen molar-refractivity contribution in [3.8, 4) is 22.9 Å². The maximum absolute atomic E-state index is 16.7. The molecule has 0 spiro atoms. The molecule has 0 radical (unpaired) electrons. The van der Waals surface area contributed by atoms with Gasteiger partial charge in [0.05, 0.1) is 16.9 Å². The van der Waals surface area contributed by atoms with Gasteiger partial charge in [-0.05, 0) is 93.7 Å². The van der Waals surface area contributed by atoms with Gasteiger partial charge in [-0.2, -0.15) is 0 Å². The Morgan fingerprint density at radius 3 is 2.71 bits per heavy atom. The Morgan fingerprint density at radius 2 is 1.98 bits per heavy atom. The van der Waals surface area contributed by atoms with Crippen LogP contribution in [0.25, 0.3) is 43.8 Å². The number of aryl methyl sites for hydroxylation is 1. The van der Waals surface area contributed by atoms with E-state index >= 15 is 4.39 Å². The number of nitrogens with zero attached hydrogens (tertiary/aromatic N) is 4. The standard InChI is InChI=1S/C33H33F2N5O2/c1-16-9-24-32(40(16)31-19-11-26(31)36-14-19)25-15-37-29(23-13-21(41)10-18-6-7-20(34)12-22(18)23)28(35)30(25)38-33(24)42-17(2)27-5-4-8-39(27)3/h6-7,9-10,12-13,15,17,19,26-27,31,36,41H,4-5,8,11,14H2,1-3H3/t17-,19+,26+,27-,31-/m0/s1. The first-order valence-electron chi connectivity index (χ1n) is 14.8. The highest BCUT2D eigenvalue weighted by Crippen LogP contribution is 2.48. The second-order valence-corrected chi connectivity index (χ2v) is 12.4. The van der Waals surface area contributed by atoms with Gasteiger partial charge in [-0.15, -0.1) is 0 Å². The van der Waals surface area contributed by atoms with Crippen molar-refractivity contribution in [1.29, 1.82) is 0 Å². The maximum Gasteiger partial charge on any atom is 0.223 e. The number of hydrogen-bond acceptors (Lipinski definition) is 6. The first-order valence-corrected chi connectivity index (χ1v) is 14.8. The van der Waals surface area contributed by atoms with Crippen LogP contribution < -0.4 is 10.1 Å². The monoisotopic (exact) mass is 569 g/mol. The van der Waals surface area contributed by atoms with Crippen molar-refractivity contribution < 1.29 is 18.6 Å². The Bertz CT molecular complexity index is 1890. The van der Waals surface area contributed by atoms with Crippen molar-refractivity contribution in [3.05, 3.63) is 59.9 Å². The molecule has 3 aromatic heterocycles. The minimum atomic E-state index is -0.624. The van der Waals surface area contributed by atoms with Gasteiger partial charge >= 0.3 is 0 Å². The number of aromatic hydroxyl groups is 1. The number of hydrogen-bond donors (Lipinski definition) is 2. The summed E-state index contributed by atoms with van der Waals surface area (Å²) in [7, 11) is 2.11. The lowest BCUT2D eigenvalue weighted by atomic mass is 9.79. The SMILES string of the molecule is Cc1cc2c(O[C@@H](C)[C@@H]3CCCN3C)nc3c(F)c(-c4cc(O)cc5ccc(F)cc45)ncc3c2n1[C@H]1[C@H]2CN[C@@H]1C2. The van der Waals surface area contributed by atoms with E-state index in [4.69, 9.17) is 9.72 Å². The molecule has 4 fully saturated rings. The first-order chi connectivity index (χ1) is 20.3. The van der Waals surface area contributed by atoms with Crippen LogP contribution in [0.4, 0.5) is 8.78 Å². The summed E-state index contributed by atoms with van der Waals surface area (Å²) >= 11 is 0. The van der Waals surface area contributed by atoms with Crippen LogP contribution in [-0.4, -0.2) is 62.9 Å². The molecule has 2 N–H and O–H groups in total. The molecule has 0 amide bonds. The smallest absolute Gasteiger partial charge is 0.223 e. The average molecular weight is 570 g/mol. The van der Waals surface area contributed by atoms with E-state index in [1.807, 2.05) is 0 Å². The number of benzene rings is 2. The summed E-state index contributed by atoms with van der Waals surface area (Å²) in [6.45, 7) is 6.15. The lowest BCUT2D eigenvalue weighted by Gasteiger charge is -2.37. The number of pyridine rings is 2. The molecule has 5 aromatic rings. The molecule has 3 aliphatic heterocycles. The van der Waals surface area contributed by atoms with Gasteiger partial charge in [0.1, 0.15) is 28.9 Å². The Morgan fingerprint density at radius 1 is 1.12 bits per heavy atom. The zero-order valence-corrected chi connectivity index (χ0v) is 23.9. The zero-order chi connectivity index (χ0) is 28.9. The van der Waals surface area contributed by atoms with Crippen molar-refractivity contribution in [2.75, 3.05) is 20.1 Å². The van der Waals surface area contributed by atoms with Crippen LogP contribution in [0.5, 0.6) is 11.6 Å². The molecule has 3 saturated heterocycles. The number of rotatable bonds is 5. The average Bonchev–Trinajstić information content (AvgIpc) is 3.75. The molecule has 2 aromatic carbocycles. The quantitative estimate of drug-likeness (QED) is 0.267. The highest BCUT2D eigenvalue weighted by molar-refractivity contribution is 6.08. The summed E-state index contributed by atoms with van der Waals surface area (Å²) < 4.78 is 40.0. The fraction of sp³-hybridized carbons (Fsp3) is 0.394. The number of phenolic OH excluding ortho intramolecular Hbond substituents is 1. The molecule has 1 saturated carbocycles. The minimum absolute atomic E-state index is 0.00980. The van der Waals surface area contributed by atoms with Gasteiger partial charge in [-0.3, -0.25) is 9.88 Å². The minimum Gasteiger partial charge on any atom is -0.508 e. The summed E-state index contributed by atoms with van der Waals surface area (Å²) in [6.07, 6.45) is 4.82. The van der Waals surface area contributed by atoms with Gasteiger partial charge in [-0.1, -0.05) is 6.07 Å². The van der Waals surface area contributed by atoms with Gasteiger partial charge in [-0.25, -0.2) is 13.8 Å². The molecule has 7 nitrogen and oxygen atoms in total. The number of ether oxygens (including phenoxy) is 1. The Kier molecular flexibility index (Phi) is 5.75. The third-order valence-electron chi connectivity index (χ3n) is 9.89. The number of fused-ring (bicyclic) bond motifs is 5. The number of likely N-dealkylation sites (tertiary alicyclic amines) is 1. The lowest BCUT2D eigenvalue weighted by Crippen LogP contribution is -2.39. The molecule has 1 aliphatic carbocycles. The largest absolute Gasteiger partial charge is 0.508 e. The predicted octanol–water partition coefficient (Wildman–Crippen LogP) is 6.09. The molecule has 42 heavy (non-hydrogen) atoms. The van der Waals surface area contributed by atoms with Crippen LogP contribution in [0.3, 0.4) is 0 Å². The van der Waals surface area contributed by atoms with Gasteiger partial charge in [0.2, 0.25) is 5.88 Å². The number of nitrogens with one attached hydrogen (secondary N) is 1. The summed E-state index contributed by atoms with van der Waals surface area (Å²) in [5, 5.41) is 16.6. The summed E-state index contributed by atoms with van der Waals surface area (Å²) in [6, 6.07) is 10.2. The van der Waals surface area contributed by atoms with Crippen molar-refractivity contribution in [2.45, 2.75) is 57.3 Å². The fourth-order valence-electron chi connectivity index (χ4n) is 7.81. The molecular weight excluding hydrogens is 536 g/mol. The number of phenols is 1. The predicted molar refractivity (Wildman–Crippen MR) is 159 cm³/mol. The van der Waals surface area contributed by atoms with Crippen LogP contribution >= 0.6 is 0 Å². The lowest BCUT2D eigenvalue weighted by molar-refractivity contribution is 0.119. The van der Waals surface area contributed by atoms with Crippen LogP contribution in [0, 0.1) is 24.5 Å². The second-order valence-electron chi connectivity index (χ2n) is 12.4. The van der Waals surface area contributed by atoms with E-state index < -0.39 is 11.6 Å². The summed E-state index contributed by atoms with van der Waals surface area (Å²) in [4.78, 5) is 11.7. The topological polar surface area (TPSA) is 75.4 Å². The van der Waals surface area contributed by atoms with E-state index in [0.717, 1.165) is 48.9 Å². The second kappa shape index (κ2) is 9.34. The van der Waals surface area contributed by atoms with Gasteiger partial charge in [0, 0.05) is 41.5 Å². The van der Waals surface area contributed by atoms with Crippen molar-refractivity contribution in [2.24, 2.45) is 5.92 Å². The summed E-state index contributed by atoms with van der Waals surface area (Å²) in [5.74, 6) is -0.191. The Hall–Kier alpha value is -3.82. The van der Waals surface area contributed by atoms with Crippen molar-refractivity contribution >= 4 is 32.6 Å². The molecule has 0 unspecified atom stereocenters. The highest BCUT2D eigenvalue weighted by Gasteiger charge is 2.48. The molecule has 6 heterocycles. The van der Waals surface area contributed by atoms with E-state index in [9.17, 15) is 9.50 Å². The first kappa shape index (κ1) is 25.9. The van der Waals surface area contributed by atoms with Gasteiger partial charge < -0.3 is 19.7 Å². The zero-order valence-electron chi connectivity index (χ0n) is 23.9. The van der Waals surface area contributed by atoms with Gasteiger partial charge in [0.25, 0.3) is 0 Å². The molecular formula is C33H33F2N5O2. The maximum atomic E-state index is 16.7. The Labute approximate surface area is 242 Å². The normalized spacial score (nSPS) is 24.6. The van der Waals surface area contributed by atoms with Crippen LogP contribution in [-0.2, 0) is 0 Å². The molecule has 9 rings (SSSR count). The molecule has 216 valence electrons. The molecule has 2 bridgehead atoms. The van der Waals surface area contributed by atoms with Crippen LogP contribution in [0.2, 0.25) is 0 Å². The summed E-state index contributed by atoms with van der Waals surface area (Å²) in [5.41, 5.74) is 2.43.